The molecule has 256 valence electrons. The number of hydrogen-bond acceptors (Lipinski definition) is 5. The van der Waals surface area contributed by atoms with E-state index >= 15 is 0 Å². The molecular formula is C48H32N4S2. The molecule has 0 saturated heterocycles. The van der Waals surface area contributed by atoms with Crippen molar-refractivity contribution in [2.45, 2.75) is 38.8 Å². The molecule has 0 N–H and O–H groups in total. The third kappa shape index (κ3) is 4.83. The molecule has 3 heterocycles. The summed E-state index contributed by atoms with van der Waals surface area (Å²) in [5, 5.41) is 2.54. The van der Waals surface area contributed by atoms with E-state index in [2.05, 4.69) is 115 Å². The van der Waals surface area contributed by atoms with Gasteiger partial charge in [-0.3, -0.25) is 0 Å². The maximum absolute atomic E-state index is 5.01. The van der Waals surface area contributed by atoms with E-state index in [1.165, 1.54) is 63.6 Å². The molecule has 0 saturated carbocycles. The molecule has 2 aliphatic rings. The normalized spacial score (nSPS) is 13.7. The number of benzene rings is 7. The lowest BCUT2D eigenvalue weighted by Crippen LogP contribution is -2.15. The highest BCUT2D eigenvalue weighted by molar-refractivity contribution is 8.05. The molecule has 0 fully saturated rings. The smallest absolute Gasteiger partial charge is 0.164 e. The SMILES string of the molecule is CC1(C)c2ccccc2-c2cc3c4ccc5c(c4n(-c4ccc(-c6nc(-c7ccccc7)nc(-c7ccccc7)n6)cc4)c3cc21)Sc1ccccc1S5. The lowest BCUT2D eigenvalue weighted by atomic mass is 9.82. The minimum Gasteiger partial charge on any atom is -0.308 e. The molecule has 1 aliphatic carbocycles. The molecule has 54 heavy (non-hydrogen) atoms. The van der Waals surface area contributed by atoms with Gasteiger partial charge in [0, 0.05) is 53.3 Å². The summed E-state index contributed by atoms with van der Waals surface area (Å²) in [5.41, 5.74) is 11.7. The first-order chi connectivity index (χ1) is 26.5. The first-order valence-corrected chi connectivity index (χ1v) is 19.8. The lowest BCUT2D eigenvalue weighted by molar-refractivity contribution is 0.661. The van der Waals surface area contributed by atoms with Crippen LogP contribution in [0.1, 0.15) is 25.0 Å². The van der Waals surface area contributed by atoms with Gasteiger partial charge in [-0.25, -0.2) is 15.0 Å². The topological polar surface area (TPSA) is 43.6 Å². The summed E-state index contributed by atoms with van der Waals surface area (Å²) < 4.78 is 2.49. The quantitative estimate of drug-likeness (QED) is 0.180. The second-order valence-electron chi connectivity index (χ2n) is 14.4. The Balaban J connectivity index is 1.12. The van der Waals surface area contributed by atoms with Gasteiger partial charge in [0.15, 0.2) is 17.5 Å². The number of aromatic nitrogens is 4. The minimum atomic E-state index is -0.111. The van der Waals surface area contributed by atoms with Crippen molar-refractivity contribution in [1.82, 2.24) is 19.5 Å². The summed E-state index contributed by atoms with van der Waals surface area (Å²) in [5.74, 6) is 1.96. The molecule has 4 nitrogen and oxygen atoms in total. The van der Waals surface area contributed by atoms with Crippen molar-refractivity contribution in [3.8, 4) is 51.0 Å². The van der Waals surface area contributed by atoms with Crippen molar-refractivity contribution in [2.75, 3.05) is 0 Å². The van der Waals surface area contributed by atoms with Gasteiger partial charge < -0.3 is 4.57 Å². The average Bonchev–Trinajstić information content (AvgIpc) is 3.68. The number of nitrogens with zero attached hydrogens (tertiary/aromatic N) is 4. The van der Waals surface area contributed by atoms with Crippen LogP contribution in [0.3, 0.4) is 0 Å². The zero-order valence-corrected chi connectivity index (χ0v) is 31.2. The van der Waals surface area contributed by atoms with Crippen LogP contribution in [0.4, 0.5) is 0 Å². The standard InChI is InChI=1S/C48H32N4S2/c1-48(2)37-18-10-9-17-33(37)35-27-36-34-25-26-42-44(54-41-20-12-11-19-40(41)53-42)43(34)52(39(36)28-38(35)48)32-23-21-31(22-24-32)47-50-45(29-13-5-3-6-14-29)49-46(51-47)30-15-7-4-8-16-30/h3-28H,1-2H3. The van der Waals surface area contributed by atoms with Crippen LogP contribution in [-0.2, 0) is 5.41 Å². The van der Waals surface area contributed by atoms with Crippen molar-refractivity contribution >= 4 is 45.3 Å². The molecular weight excluding hydrogens is 697 g/mol. The minimum absolute atomic E-state index is 0.111. The summed E-state index contributed by atoms with van der Waals surface area (Å²) in [6.45, 7) is 4.72. The molecule has 6 heteroatoms. The van der Waals surface area contributed by atoms with Gasteiger partial charge in [0.1, 0.15) is 0 Å². The number of hydrogen-bond donors (Lipinski definition) is 0. The Morgan fingerprint density at radius 1 is 0.463 bits per heavy atom. The van der Waals surface area contributed by atoms with Crippen molar-refractivity contribution < 1.29 is 0 Å². The Morgan fingerprint density at radius 2 is 1.04 bits per heavy atom. The molecule has 0 amide bonds. The van der Waals surface area contributed by atoms with Crippen LogP contribution in [0.15, 0.2) is 177 Å². The summed E-state index contributed by atoms with van der Waals surface area (Å²) >= 11 is 3.75. The second kappa shape index (κ2) is 12.0. The van der Waals surface area contributed by atoms with Gasteiger partial charge in [-0.2, -0.15) is 0 Å². The van der Waals surface area contributed by atoms with E-state index in [0.29, 0.717) is 17.5 Å². The molecule has 1 aliphatic heterocycles. The second-order valence-corrected chi connectivity index (χ2v) is 16.6. The van der Waals surface area contributed by atoms with Crippen molar-refractivity contribution in [2.24, 2.45) is 0 Å². The highest BCUT2D eigenvalue weighted by atomic mass is 32.2. The van der Waals surface area contributed by atoms with Crippen molar-refractivity contribution in [3.63, 3.8) is 0 Å². The predicted octanol–water partition coefficient (Wildman–Crippen LogP) is 12.9. The molecule has 0 spiro atoms. The third-order valence-electron chi connectivity index (χ3n) is 10.9. The van der Waals surface area contributed by atoms with Gasteiger partial charge >= 0.3 is 0 Å². The Morgan fingerprint density at radius 3 is 1.70 bits per heavy atom. The molecule has 0 atom stereocenters. The third-order valence-corrected chi connectivity index (χ3v) is 13.5. The molecule has 7 aromatic carbocycles. The van der Waals surface area contributed by atoms with Crippen molar-refractivity contribution in [3.05, 3.63) is 169 Å². The van der Waals surface area contributed by atoms with Crippen molar-refractivity contribution in [1.29, 1.82) is 0 Å². The van der Waals surface area contributed by atoms with Crippen LogP contribution in [-0.4, -0.2) is 19.5 Å². The van der Waals surface area contributed by atoms with Gasteiger partial charge in [-0.1, -0.05) is 140 Å². The van der Waals surface area contributed by atoms with E-state index in [-0.39, 0.29) is 5.41 Å². The van der Waals surface area contributed by atoms with E-state index in [1.54, 1.807) is 0 Å². The average molecular weight is 729 g/mol. The lowest BCUT2D eigenvalue weighted by Gasteiger charge is -2.22. The van der Waals surface area contributed by atoms with E-state index in [9.17, 15) is 0 Å². The van der Waals surface area contributed by atoms with Crippen LogP contribution in [0.25, 0.3) is 72.8 Å². The summed E-state index contributed by atoms with van der Waals surface area (Å²) in [6.07, 6.45) is 0. The summed E-state index contributed by atoms with van der Waals surface area (Å²) in [6, 6.07) is 56.3. The van der Waals surface area contributed by atoms with Gasteiger partial charge in [-0.05, 0) is 76.9 Å². The predicted molar refractivity (Wildman–Crippen MR) is 223 cm³/mol. The van der Waals surface area contributed by atoms with Crippen LogP contribution in [0.2, 0.25) is 0 Å². The van der Waals surface area contributed by atoms with E-state index in [0.717, 1.165) is 22.4 Å². The number of rotatable bonds is 4. The fraction of sp³-hybridized carbons (Fsp3) is 0.0625. The van der Waals surface area contributed by atoms with Crippen LogP contribution in [0, 0.1) is 0 Å². The first kappa shape index (κ1) is 31.6. The molecule has 0 unspecified atom stereocenters. The molecule has 11 rings (SSSR count). The summed E-state index contributed by atoms with van der Waals surface area (Å²) in [7, 11) is 0. The Kier molecular flexibility index (Phi) is 7.04. The molecule has 9 aromatic rings. The monoisotopic (exact) mass is 728 g/mol. The van der Waals surface area contributed by atoms with Gasteiger partial charge in [0.05, 0.1) is 15.9 Å². The van der Waals surface area contributed by atoms with Gasteiger partial charge in [0.25, 0.3) is 0 Å². The fourth-order valence-electron chi connectivity index (χ4n) is 8.24. The largest absolute Gasteiger partial charge is 0.308 e. The van der Waals surface area contributed by atoms with E-state index in [4.69, 9.17) is 15.0 Å². The highest BCUT2D eigenvalue weighted by Gasteiger charge is 2.36. The maximum Gasteiger partial charge on any atom is 0.164 e. The van der Waals surface area contributed by atoms with Gasteiger partial charge in [-0.15, -0.1) is 0 Å². The van der Waals surface area contributed by atoms with Crippen LogP contribution >= 0.6 is 23.5 Å². The maximum atomic E-state index is 5.01. The van der Waals surface area contributed by atoms with E-state index in [1.807, 2.05) is 84.2 Å². The summed E-state index contributed by atoms with van der Waals surface area (Å²) in [4.78, 5) is 20.1. The molecule has 0 radical (unpaired) electrons. The fourth-order valence-corrected chi connectivity index (χ4v) is 10.6. The number of fused-ring (bicyclic) bond motifs is 9. The molecule has 2 aromatic heterocycles. The molecule has 0 bridgehead atoms. The van der Waals surface area contributed by atoms with Crippen LogP contribution in [0.5, 0.6) is 0 Å². The first-order valence-electron chi connectivity index (χ1n) is 18.2. The Bertz CT molecular complexity index is 2890. The van der Waals surface area contributed by atoms with Crippen LogP contribution < -0.4 is 0 Å². The van der Waals surface area contributed by atoms with Gasteiger partial charge in [0.2, 0.25) is 0 Å². The van der Waals surface area contributed by atoms with E-state index < -0.39 is 0 Å². The zero-order chi connectivity index (χ0) is 36.0. The Labute approximate surface area is 322 Å². The zero-order valence-electron chi connectivity index (χ0n) is 29.6. The Hall–Kier alpha value is -5.95. The highest BCUT2D eigenvalue weighted by Crippen LogP contribution is 2.55.